The van der Waals surface area contributed by atoms with E-state index in [9.17, 15) is 4.79 Å². The van der Waals surface area contributed by atoms with Crippen LogP contribution in [-0.4, -0.2) is 30.7 Å². The van der Waals surface area contributed by atoms with Crippen molar-refractivity contribution < 1.29 is 14.3 Å². The van der Waals surface area contributed by atoms with Crippen molar-refractivity contribution in [3.63, 3.8) is 0 Å². The molecule has 2 aliphatic rings. The van der Waals surface area contributed by atoms with Crippen molar-refractivity contribution in [1.29, 1.82) is 0 Å². The Kier molecular flexibility index (Phi) is 6.35. The zero-order valence-corrected chi connectivity index (χ0v) is 17.2. The molecule has 1 N–H and O–H groups in total. The number of amides is 1. The summed E-state index contributed by atoms with van der Waals surface area (Å²) in [5, 5.41) is 3.02. The second kappa shape index (κ2) is 9.31. The fourth-order valence-electron chi connectivity index (χ4n) is 3.88. The predicted octanol–water partition coefficient (Wildman–Crippen LogP) is 3.90. The molecule has 1 fully saturated rings. The lowest BCUT2D eigenvalue weighted by Crippen LogP contribution is -2.32. The molecule has 2 aliphatic heterocycles. The highest BCUT2D eigenvalue weighted by atomic mass is 16.7. The molecule has 4 rings (SSSR count). The Morgan fingerprint density at radius 3 is 2.48 bits per heavy atom. The van der Waals surface area contributed by atoms with E-state index in [0.29, 0.717) is 19.4 Å². The smallest absolute Gasteiger partial charge is 0.231 e. The van der Waals surface area contributed by atoms with E-state index in [1.54, 1.807) is 0 Å². The molecule has 0 aromatic heterocycles. The van der Waals surface area contributed by atoms with Crippen molar-refractivity contribution in [3.05, 3.63) is 59.2 Å². The van der Waals surface area contributed by atoms with Gasteiger partial charge in [0.25, 0.3) is 0 Å². The third-order valence-electron chi connectivity index (χ3n) is 5.87. The Balaban J connectivity index is 1.19. The van der Waals surface area contributed by atoms with Gasteiger partial charge in [-0.15, -0.1) is 0 Å². The lowest BCUT2D eigenvalue weighted by Gasteiger charge is -2.30. The van der Waals surface area contributed by atoms with Gasteiger partial charge in [0.2, 0.25) is 12.7 Å². The molecule has 5 heteroatoms. The summed E-state index contributed by atoms with van der Waals surface area (Å²) < 4.78 is 10.7. The topological polar surface area (TPSA) is 50.8 Å². The highest BCUT2D eigenvalue weighted by Crippen LogP contribution is 2.32. The van der Waals surface area contributed by atoms with Crippen molar-refractivity contribution >= 4 is 5.91 Å². The minimum Gasteiger partial charge on any atom is -0.454 e. The Morgan fingerprint density at radius 2 is 1.69 bits per heavy atom. The first-order chi connectivity index (χ1) is 14.2. The number of hydrogen-bond acceptors (Lipinski definition) is 4. The SMILES string of the molecule is CC1CCN(Cc2ccc(CNC(=O)CCc3ccc4c(c3)OCO4)cc2)CC1. The average molecular weight is 395 g/mol. The summed E-state index contributed by atoms with van der Waals surface area (Å²) in [4.78, 5) is 14.7. The summed E-state index contributed by atoms with van der Waals surface area (Å²) in [6, 6.07) is 14.5. The van der Waals surface area contributed by atoms with Crippen molar-refractivity contribution in [2.75, 3.05) is 19.9 Å². The molecular formula is C24H30N2O3. The first-order valence-electron chi connectivity index (χ1n) is 10.6. The van der Waals surface area contributed by atoms with Gasteiger partial charge in [-0.05, 0) is 67.1 Å². The van der Waals surface area contributed by atoms with Crippen molar-refractivity contribution in [1.82, 2.24) is 10.2 Å². The van der Waals surface area contributed by atoms with Crippen LogP contribution in [0, 0.1) is 5.92 Å². The Hall–Kier alpha value is -2.53. The molecule has 0 spiro atoms. The maximum Gasteiger partial charge on any atom is 0.231 e. The monoisotopic (exact) mass is 394 g/mol. The largest absolute Gasteiger partial charge is 0.454 e. The van der Waals surface area contributed by atoms with E-state index in [0.717, 1.165) is 35.1 Å². The molecule has 1 saturated heterocycles. The molecule has 0 radical (unpaired) electrons. The van der Waals surface area contributed by atoms with Gasteiger partial charge in [-0.1, -0.05) is 37.3 Å². The first kappa shape index (κ1) is 19.8. The van der Waals surface area contributed by atoms with Gasteiger partial charge < -0.3 is 14.8 Å². The van der Waals surface area contributed by atoms with Gasteiger partial charge in [0.1, 0.15) is 0 Å². The zero-order valence-electron chi connectivity index (χ0n) is 17.2. The van der Waals surface area contributed by atoms with E-state index in [2.05, 4.69) is 41.4 Å². The highest BCUT2D eigenvalue weighted by molar-refractivity contribution is 5.76. The highest BCUT2D eigenvalue weighted by Gasteiger charge is 2.16. The average Bonchev–Trinajstić information content (AvgIpc) is 3.21. The number of rotatable bonds is 7. The van der Waals surface area contributed by atoms with Gasteiger partial charge in [0.05, 0.1) is 0 Å². The molecular weight excluding hydrogens is 364 g/mol. The van der Waals surface area contributed by atoms with Gasteiger partial charge in [0, 0.05) is 19.5 Å². The number of likely N-dealkylation sites (tertiary alicyclic amines) is 1. The zero-order chi connectivity index (χ0) is 20.1. The number of benzene rings is 2. The third kappa shape index (κ3) is 5.51. The van der Waals surface area contributed by atoms with E-state index >= 15 is 0 Å². The van der Waals surface area contributed by atoms with Crippen molar-refractivity contribution in [2.45, 2.75) is 45.7 Å². The van der Waals surface area contributed by atoms with E-state index in [1.807, 2.05) is 18.2 Å². The van der Waals surface area contributed by atoms with Gasteiger partial charge in [0.15, 0.2) is 11.5 Å². The number of ether oxygens (including phenoxy) is 2. The van der Waals surface area contributed by atoms with E-state index in [-0.39, 0.29) is 12.7 Å². The van der Waals surface area contributed by atoms with Gasteiger partial charge in [-0.2, -0.15) is 0 Å². The molecule has 154 valence electrons. The summed E-state index contributed by atoms with van der Waals surface area (Å²) in [5.41, 5.74) is 3.57. The van der Waals surface area contributed by atoms with Crippen LogP contribution in [0.2, 0.25) is 0 Å². The number of carbonyl (C=O) groups excluding carboxylic acids is 1. The van der Waals surface area contributed by atoms with Crippen LogP contribution in [-0.2, 0) is 24.3 Å². The summed E-state index contributed by atoms with van der Waals surface area (Å²) in [6.07, 6.45) is 3.76. The predicted molar refractivity (Wildman–Crippen MR) is 113 cm³/mol. The second-order valence-corrected chi connectivity index (χ2v) is 8.24. The molecule has 2 aromatic carbocycles. The molecule has 5 nitrogen and oxygen atoms in total. The molecule has 1 amide bonds. The van der Waals surface area contributed by atoms with E-state index < -0.39 is 0 Å². The van der Waals surface area contributed by atoms with Gasteiger partial charge in [-0.25, -0.2) is 0 Å². The number of aryl methyl sites for hydroxylation is 1. The normalized spacial score (nSPS) is 16.7. The van der Waals surface area contributed by atoms with E-state index in [4.69, 9.17) is 9.47 Å². The Labute approximate surface area is 173 Å². The van der Waals surface area contributed by atoms with Crippen molar-refractivity contribution in [2.24, 2.45) is 5.92 Å². The fourth-order valence-corrected chi connectivity index (χ4v) is 3.88. The van der Waals surface area contributed by atoms with Crippen LogP contribution in [0.3, 0.4) is 0 Å². The maximum absolute atomic E-state index is 12.2. The third-order valence-corrected chi connectivity index (χ3v) is 5.87. The van der Waals surface area contributed by atoms with Crippen LogP contribution < -0.4 is 14.8 Å². The van der Waals surface area contributed by atoms with Crippen LogP contribution in [0.4, 0.5) is 0 Å². The molecule has 0 aliphatic carbocycles. The number of piperidine rings is 1. The summed E-state index contributed by atoms with van der Waals surface area (Å²) in [5.74, 6) is 2.47. The number of carbonyl (C=O) groups is 1. The summed E-state index contributed by atoms with van der Waals surface area (Å²) >= 11 is 0. The molecule has 0 atom stereocenters. The molecule has 0 saturated carbocycles. The minimum atomic E-state index is 0.0641. The van der Waals surface area contributed by atoms with Crippen LogP contribution >= 0.6 is 0 Å². The molecule has 2 heterocycles. The molecule has 0 bridgehead atoms. The fraction of sp³-hybridized carbons (Fsp3) is 0.458. The van der Waals surface area contributed by atoms with E-state index in [1.165, 1.54) is 31.5 Å². The minimum absolute atomic E-state index is 0.0641. The summed E-state index contributed by atoms with van der Waals surface area (Å²) in [6.45, 7) is 6.60. The number of nitrogens with one attached hydrogen (secondary N) is 1. The number of hydrogen-bond donors (Lipinski definition) is 1. The maximum atomic E-state index is 12.2. The Morgan fingerprint density at radius 1 is 1.00 bits per heavy atom. The Bertz CT molecular complexity index is 827. The van der Waals surface area contributed by atoms with Crippen LogP contribution in [0.5, 0.6) is 11.5 Å². The van der Waals surface area contributed by atoms with Crippen LogP contribution in [0.1, 0.15) is 42.9 Å². The lowest BCUT2D eigenvalue weighted by atomic mass is 9.99. The molecule has 0 unspecified atom stereocenters. The number of nitrogens with zero attached hydrogens (tertiary/aromatic N) is 1. The van der Waals surface area contributed by atoms with Gasteiger partial charge >= 0.3 is 0 Å². The van der Waals surface area contributed by atoms with Gasteiger partial charge in [-0.3, -0.25) is 9.69 Å². The summed E-state index contributed by atoms with van der Waals surface area (Å²) in [7, 11) is 0. The first-order valence-corrected chi connectivity index (χ1v) is 10.6. The molecule has 2 aromatic rings. The second-order valence-electron chi connectivity index (χ2n) is 8.24. The van der Waals surface area contributed by atoms with Crippen LogP contribution in [0.15, 0.2) is 42.5 Å². The lowest BCUT2D eigenvalue weighted by molar-refractivity contribution is -0.121. The quantitative estimate of drug-likeness (QED) is 0.774. The standard InChI is InChI=1S/C24H30N2O3/c1-18-10-12-26(13-11-18)16-21-4-2-20(3-5-21)15-25-24(27)9-7-19-6-8-22-23(14-19)29-17-28-22/h2-6,8,14,18H,7,9-13,15-17H2,1H3,(H,25,27). The van der Waals surface area contributed by atoms with Crippen LogP contribution in [0.25, 0.3) is 0 Å². The molecule has 29 heavy (non-hydrogen) atoms. The number of fused-ring (bicyclic) bond motifs is 1. The van der Waals surface area contributed by atoms with Crippen molar-refractivity contribution in [3.8, 4) is 11.5 Å².